The highest BCUT2D eigenvalue weighted by molar-refractivity contribution is 5.75. The fourth-order valence-corrected chi connectivity index (χ4v) is 1.91. The van der Waals surface area contributed by atoms with Crippen molar-refractivity contribution in [2.45, 2.75) is 26.1 Å². The van der Waals surface area contributed by atoms with Gasteiger partial charge in [-0.3, -0.25) is 4.79 Å². The lowest BCUT2D eigenvalue weighted by Gasteiger charge is -2.07. The second-order valence-corrected chi connectivity index (χ2v) is 4.82. The molecular weight excluding hydrogens is 299 g/mol. The number of aryl methyl sites for hydroxylation is 1. The quantitative estimate of drug-likeness (QED) is 0.832. The Balaban J connectivity index is 1.77. The fourth-order valence-electron chi connectivity index (χ4n) is 1.91. The molecule has 0 saturated carbocycles. The van der Waals surface area contributed by atoms with E-state index in [9.17, 15) is 18.0 Å². The molecule has 1 amide bonds. The number of nitrogens with zero attached hydrogens (tertiary/aromatic N) is 2. The predicted molar refractivity (Wildman–Crippen MR) is 73.3 cm³/mol. The molecule has 1 N–H and O–H groups in total. The number of carbonyl (C=O) groups is 1. The third-order valence-corrected chi connectivity index (χ3v) is 2.95. The van der Waals surface area contributed by atoms with Crippen LogP contribution in [0.5, 0.6) is 0 Å². The van der Waals surface area contributed by atoms with E-state index >= 15 is 0 Å². The van der Waals surface area contributed by atoms with E-state index in [1.807, 2.05) is 35.7 Å². The topological polar surface area (TPSA) is 55.6 Å². The molecule has 2 aromatic heterocycles. The van der Waals surface area contributed by atoms with Crippen molar-refractivity contribution in [3.05, 3.63) is 35.8 Å². The number of carbonyl (C=O) groups excluding carboxylic acids is 1. The van der Waals surface area contributed by atoms with E-state index in [1.54, 1.807) is 0 Å². The summed E-state index contributed by atoms with van der Waals surface area (Å²) in [6.45, 7) is 0.551. The average molecular weight is 315 g/mol. The summed E-state index contributed by atoms with van der Waals surface area (Å²) in [5, 5.41) is 2.60. The maximum atomic E-state index is 11.8. The van der Waals surface area contributed by atoms with Gasteiger partial charge in [0.15, 0.2) is 0 Å². The standard InChI is InChI=1S/C14H16F3N3O2/c1-10-3-2-4-12-19-11(8-20(10)12)7-18-13(21)5-6-22-9-14(15,16)17/h2-4,8H,5-7,9H2,1H3,(H,18,21). The lowest BCUT2D eigenvalue weighted by atomic mass is 10.4. The van der Waals surface area contributed by atoms with Gasteiger partial charge in [0.05, 0.1) is 18.8 Å². The van der Waals surface area contributed by atoms with E-state index in [2.05, 4.69) is 15.0 Å². The number of ether oxygens (including phenoxy) is 1. The van der Waals surface area contributed by atoms with E-state index in [0.717, 1.165) is 11.3 Å². The van der Waals surface area contributed by atoms with Crippen molar-refractivity contribution >= 4 is 11.6 Å². The Bertz CT molecular complexity index is 652. The Morgan fingerprint density at radius 1 is 1.41 bits per heavy atom. The van der Waals surface area contributed by atoms with Gasteiger partial charge in [0, 0.05) is 18.3 Å². The molecule has 0 spiro atoms. The second-order valence-electron chi connectivity index (χ2n) is 4.82. The number of nitrogens with one attached hydrogen (secondary N) is 1. The molecular formula is C14H16F3N3O2. The first-order valence-electron chi connectivity index (χ1n) is 6.70. The lowest BCUT2D eigenvalue weighted by molar-refractivity contribution is -0.174. The Morgan fingerprint density at radius 2 is 2.18 bits per heavy atom. The second kappa shape index (κ2) is 6.78. The molecule has 8 heteroatoms. The Morgan fingerprint density at radius 3 is 2.86 bits per heavy atom. The summed E-state index contributed by atoms with van der Waals surface area (Å²) < 4.78 is 41.8. The van der Waals surface area contributed by atoms with Crippen LogP contribution in [0.4, 0.5) is 13.2 Å². The van der Waals surface area contributed by atoms with Crippen LogP contribution in [0.1, 0.15) is 17.8 Å². The van der Waals surface area contributed by atoms with Crippen LogP contribution in [0.3, 0.4) is 0 Å². The molecule has 0 fully saturated rings. The number of alkyl halides is 3. The molecule has 2 rings (SSSR count). The molecule has 0 saturated heterocycles. The van der Waals surface area contributed by atoms with Gasteiger partial charge in [-0.1, -0.05) is 6.07 Å². The van der Waals surface area contributed by atoms with Crippen molar-refractivity contribution in [1.29, 1.82) is 0 Å². The molecule has 22 heavy (non-hydrogen) atoms. The highest BCUT2D eigenvalue weighted by atomic mass is 19.4. The maximum Gasteiger partial charge on any atom is 0.411 e. The number of hydrogen-bond acceptors (Lipinski definition) is 3. The number of amides is 1. The van der Waals surface area contributed by atoms with Crippen LogP contribution in [0, 0.1) is 6.92 Å². The number of hydrogen-bond donors (Lipinski definition) is 1. The zero-order valence-corrected chi connectivity index (χ0v) is 12.0. The van der Waals surface area contributed by atoms with E-state index in [1.165, 1.54) is 0 Å². The van der Waals surface area contributed by atoms with Gasteiger partial charge in [-0.2, -0.15) is 13.2 Å². The van der Waals surface area contributed by atoms with Gasteiger partial charge < -0.3 is 14.5 Å². The van der Waals surface area contributed by atoms with Gasteiger partial charge >= 0.3 is 6.18 Å². The third-order valence-electron chi connectivity index (χ3n) is 2.95. The third kappa shape index (κ3) is 4.73. The summed E-state index contributed by atoms with van der Waals surface area (Å²) in [5.74, 6) is -0.379. The van der Waals surface area contributed by atoms with E-state index in [4.69, 9.17) is 0 Å². The Kier molecular flexibility index (Phi) is 5.02. The number of rotatable bonds is 6. The van der Waals surface area contributed by atoms with Crippen molar-refractivity contribution in [2.75, 3.05) is 13.2 Å². The first kappa shape index (κ1) is 16.3. The fraction of sp³-hybridized carbons (Fsp3) is 0.429. The highest BCUT2D eigenvalue weighted by Gasteiger charge is 2.27. The normalized spacial score (nSPS) is 11.8. The van der Waals surface area contributed by atoms with E-state index in [-0.39, 0.29) is 25.5 Å². The van der Waals surface area contributed by atoms with Crippen LogP contribution in [0.25, 0.3) is 5.65 Å². The summed E-state index contributed by atoms with van der Waals surface area (Å²) in [6, 6.07) is 5.68. The van der Waals surface area contributed by atoms with E-state index < -0.39 is 12.8 Å². The lowest BCUT2D eigenvalue weighted by Crippen LogP contribution is -2.25. The Labute approximate surface area is 125 Å². The van der Waals surface area contributed by atoms with Crippen molar-refractivity contribution in [1.82, 2.24) is 14.7 Å². The zero-order valence-electron chi connectivity index (χ0n) is 12.0. The minimum absolute atomic E-state index is 0.123. The van der Waals surface area contributed by atoms with Crippen LogP contribution in [-0.2, 0) is 16.1 Å². The van der Waals surface area contributed by atoms with E-state index in [0.29, 0.717) is 5.69 Å². The van der Waals surface area contributed by atoms with Crippen molar-refractivity contribution in [3.8, 4) is 0 Å². The number of fused-ring (bicyclic) bond motifs is 1. The first-order valence-corrected chi connectivity index (χ1v) is 6.70. The number of pyridine rings is 1. The molecule has 0 atom stereocenters. The van der Waals surface area contributed by atoms with Crippen LogP contribution in [0.15, 0.2) is 24.4 Å². The summed E-state index contributed by atoms with van der Waals surface area (Å²) in [4.78, 5) is 15.9. The van der Waals surface area contributed by atoms with Crippen LogP contribution in [-0.4, -0.2) is 34.7 Å². The Hall–Kier alpha value is -2.09. The SMILES string of the molecule is Cc1cccc2nc(CNC(=O)CCOCC(F)(F)F)cn12. The number of imidazole rings is 1. The molecule has 120 valence electrons. The number of halogens is 3. The molecule has 0 aliphatic heterocycles. The molecule has 0 aliphatic carbocycles. The molecule has 2 aromatic rings. The molecule has 0 aliphatic rings. The van der Waals surface area contributed by atoms with Crippen LogP contribution < -0.4 is 5.32 Å². The molecule has 0 bridgehead atoms. The van der Waals surface area contributed by atoms with Gasteiger partial charge in [-0.25, -0.2) is 4.98 Å². The molecule has 2 heterocycles. The summed E-state index contributed by atoms with van der Waals surface area (Å²) in [6.07, 6.45) is -2.68. The van der Waals surface area contributed by atoms with Gasteiger partial charge in [0.2, 0.25) is 5.91 Å². The van der Waals surface area contributed by atoms with Crippen molar-refractivity contribution in [3.63, 3.8) is 0 Å². The first-order chi connectivity index (χ1) is 10.3. The van der Waals surface area contributed by atoms with Crippen LogP contribution in [0.2, 0.25) is 0 Å². The minimum atomic E-state index is -4.37. The van der Waals surface area contributed by atoms with Crippen molar-refractivity contribution < 1.29 is 22.7 Å². The highest BCUT2D eigenvalue weighted by Crippen LogP contribution is 2.14. The van der Waals surface area contributed by atoms with Gasteiger partial charge in [-0.15, -0.1) is 0 Å². The zero-order chi connectivity index (χ0) is 16.2. The smallest absolute Gasteiger partial charge is 0.372 e. The minimum Gasteiger partial charge on any atom is -0.372 e. The van der Waals surface area contributed by atoms with Gasteiger partial charge in [0.1, 0.15) is 12.3 Å². The average Bonchev–Trinajstić information content (AvgIpc) is 2.85. The molecule has 0 aromatic carbocycles. The summed E-state index contributed by atoms with van der Waals surface area (Å²) >= 11 is 0. The largest absolute Gasteiger partial charge is 0.411 e. The van der Waals surface area contributed by atoms with Gasteiger partial charge in [-0.05, 0) is 19.1 Å². The van der Waals surface area contributed by atoms with Gasteiger partial charge in [0.25, 0.3) is 0 Å². The molecule has 0 radical (unpaired) electrons. The number of aromatic nitrogens is 2. The molecule has 5 nitrogen and oxygen atoms in total. The molecule has 0 unspecified atom stereocenters. The maximum absolute atomic E-state index is 11.8. The van der Waals surface area contributed by atoms with Crippen molar-refractivity contribution in [2.24, 2.45) is 0 Å². The monoisotopic (exact) mass is 315 g/mol. The summed E-state index contributed by atoms with van der Waals surface area (Å²) in [7, 11) is 0. The summed E-state index contributed by atoms with van der Waals surface area (Å²) in [5.41, 5.74) is 2.47. The van der Waals surface area contributed by atoms with Crippen LogP contribution >= 0.6 is 0 Å². The predicted octanol–water partition coefficient (Wildman–Crippen LogP) is 2.23.